The number of nitrogens with one attached hydrogen (secondary N) is 2. The van der Waals surface area contributed by atoms with Crippen molar-refractivity contribution >= 4 is 23.4 Å². The third-order valence-electron chi connectivity index (χ3n) is 2.24. The van der Waals surface area contributed by atoms with Gasteiger partial charge in [-0.3, -0.25) is 0 Å². The van der Waals surface area contributed by atoms with Crippen LogP contribution in [0.1, 0.15) is 6.92 Å². The molecule has 0 radical (unpaired) electrons. The first kappa shape index (κ1) is 13.8. The number of aliphatic hydroxyl groups excluding tert-OH is 1. The van der Waals surface area contributed by atoms with E-state index in [9.17, 15) is 14.7 Å². The molecule has 6 N–H and O–H groups in total. The molecule has 7 nitrogen and oxygen atoms in total. The van der Waals surface area contributed by atoms with E-state index in [1.54, 1.807) is 24.3 Å². The Kier molecular flexibility index (Phi) is 4.50. The van der Waals surface area contributed by atoms with Crippen LogP contribution >= 0.6 is 0 Å². The smallest absolute Gasteiger partial charge is 0.328 e. The average Bonchev–Trinajstić information content (AvgIpc) is 2.28. The van der Waals surface area contributed by atoms with Crippen LogP contribution in [0.2, 0.25) is 0 Å². The standard InChI is InChI=1S/C11H15N3O4/c1-6(15)9(10(16)17)14-11(18)13-8-5-3-2-4-7(8)12/h2-6,9,15H,12H2,1H3,(H,16,17)(H2,13,14,18)/t6-,9+/m1/s1. The molecular formula is C11H15N3O4. The maximum absolute atomic E-state index is 11.5. The zero-order chi connectivity index (χ0) is 13.7. The summed E-state index contributed by atoms with van der Waals surface area (Å²) >= 11 is 0. The lowest BCUT2D eigenvalue weighted by Crippen LogP contribution is -2.49. The molecule has 0 aliphatic heterocycles. The first-order chi connectivity index (χ1) is 8.41. The summed E-state index contributed by atoms with van der Waals surface area (Å²) in [6.07, 6.45) is -1.21. The predicted molar refractivity (Wildman–Crippen MR) is 66.1 cm³/mol. The zero-order valence-electron chi connectivity index (χ0n) is 9.75. The third kappa shape index (κ3) is 3.63. The monoisotopic (exact) mass is 253 g/mol. The SMILES string of the molecule is C[C@@H](O)[C@H](NC(=O)Nc1ccccc1N)C(=O)O. The van der Waals surface area contributed by atoms with E-state index in [0.29, 0.717) is 11.4 Å². The summed E-state index contributed by atoms with van der Waals surface area (Å²) in [7, 11) is 0. The lowest BCUT2D eigenvalue weighted by molar-refractivity contribution is -0.141. The Balaban J connectivity index is 2.67. The number of benzene rings is 1. The van der Waals surface area contributed by atoms with Gasteiger partial charge < -0.3 is 26.6 Å². The number of aliphatic carboxylic acids is 1. The summed E-state index contributed by atoms with van der Waals surface area (Å²) in [5, 5.41) is 22.5. The van der Waals surface area contributed by atoms with Gasteiger partial charge in [0.25, 0.3) is 0 Å². The molecule has 1 rings (SSSR count). The molecule has 0 aliphatic carbocycles. The van der Waals surface area contributed by atoms with E-state index >= 15 is 0 Å². The molecule has 0 saturated carbocycles. The van der Waals surface area contributed by atoms with Gasteiger partial charge in [0.05, 0.1) is 17.5 Å². The second-order valence-corrected chi connectivity index (χ2v) is 3.74. The van der Waals surface area contributed by atoms with Crippen LogP contribution in [-0.2, 0) is 4.79 Å². The number of urea groups is 1. The van der Waals surface area contributed by atoms with Crippen LogP contribution in [0.3, 0.4) is 0 Å². The molecule has 0 aromatic heterocycles. The van der Waals surface area contributed by atoms with Crippen molar-refractivity contribution in [2.24, 2.45) is 0 Å². The van der Waals surface area contributed by atoms with E-state index in [1.807, 2.05) is 0 Å². The quantitative estimate of drug-likeness (QED) is 0.491. The molecule has 7 heteroatoms. The fourth-order valence-electron chi connectivity index (χ4n) is 1.30. The first-order valence-corrected chi connectivity index (χ1v) is 5.24. The number of aliphatic hydroxyl groups is 1. The van der Waals surface area contributed by atoms with Crippen LogP contribution in [0, 0.1) is 0 Å². The van der Waals surface area contributed by atoms with Crippen molar-refractivity contribution in [3.05, 3.63) is 24.3 Å². The Labute approximate surface area is 104 Å². The summed E-state index contributed by atoms with van der Waals surface area (Å²) in [4.78, 5) is 22.3. The van der Waals surface area contributed by atoms with Gasteiger partial charge in [-0.2, -0.15) is 0 Å². The maximum Gasteiger partial charge on any atom is 0.328 e. The van der Waals surface area contributed by atoms with E-state index in [4.69, 9.17) is 10.8 Å². The van der Waals surface area contributed by atoms with Gasteiger partial charge in [-0.1, -0.05) is 12.1 Å². The molecule has 1 aromatic rings. The normalized spacial score (nSPS) is 13.4. The van der Waals surface area contributed by atoms with Gasteiger partial charge in [0.2, 0.25) is 0 Å². The van der Waals surface area contributed by atoms with Gasteiger partial charge in [0.1, 0.15) is 0 Å². The summed E-state index contributed by atoms with van der Waals surface area (Å²) in [6, 6.07) is 4.42. The minimum Gasteiger partial charge on any atom is -0.480 e. The van der Waals surface area contributed by atoms with Gasteiger partial charge in [0, 0.05) is 0 Å². The molecule has 18 heavy (non-hydrogen) atoms. The van der Waals surface area contributed by atoms with Crippen LogP contribution in [-0.4, -0.2) is 34.4 Å². The topological polar surface area (TPSA) is 125 Å². The first-order valence-electron chi connectivity index (χ1n) is 5.24. The van der Waals surface area contributed by atoms with Crippen LogP contribution in [0.25, 0.3) is 0 Å². The van der Waals surface area contributed by atoms with Gasteiger partial charge in [0.15, 0.2) is 6.04 Å². The number of hydrogen-bond donors (Lipinski definition) is 5. The Morgan fingerprint density at radius 1 is 1.33 bits per heavy atom. The second kappa shape index (κ2) is 5.87. The number of nitrogen functional groups attached to an aromatic ring is 1. The number of rotatable bonds is 4. The number of para-hydroxylation sites is 2. The molecule has 2 amide bonds. The molecule has 0 unspecified atom stereocenters. The van der Waals surface area contributed by atoms with Crippen LogP contribution in [0.4, 0.5) is 16.2 Å². The number of amides is 2. The molecule has 0 spiro atoms. The molecule has 0 fully saturated rings. The number of carboxylic acids is 1. The van der Waals surface area contributed by atoms with Crippen LogP contribution < -0.4 is 16.4 Å². The number of anilines is 2. The van der Waals surface area contributed by atoms with Crippen molar-refractivity contribution in [1.82, 2.24) is 5.32 Å². The predicted octanol–water partition coefficient (Wildman–Crippen LogP) is 0.224. The average molecular weight is 253 g/mol. The highest BCUT2D eigenvalue weighted by molar-refractivity contribution is 5.94. The van der Waals surface area contributed by atoms with Crippen LogP contribution in [0.5, 0.6) is 0 Å². The van der Waals surface area contributed by atoms with E-state index in [1.165, 1.54) is 6.92 Å². The number of carbonyl (C=O) groups excluding carboxylic acids is 1. The molecule has 2 atom stereocenters. The van der Waals surface area contributed by atoms with Crippen molar-refractivity contribution in [3.63, 3.8) is 0 Å². The molecule has 0 heterocycles. The number of carboxylic acid groups (broad SMARTS) is 1. The van der Waals surface area contributed by atoms with Crippen molar-refractivity contribution in [2.75, 3.05) is 11.1 Å². The van der Waals surface area contributed by atoms with Crippen molar-refractivity contribution in [3.8, 4) is 0 Å². The Morgan fingerprint density at radius 3 is 2.44 bits per heavy atom. The lowest BCUT2D eigenvalue weighted by Gasteiger charge is -2.17. The third-order valence-corrected chi connectivity index (χ3v) is 2.24. The summed E-state index contributed by atoms with van der Waals surface area (Å²) in [6.45, 7) is 1.27. The Morgan fingerprint density at radius 2 is 1.94 bits per heavy atom. The van der Waals surface area contributed by atoms with Gasteiger partial charge in [-0.25, -0.2) is 9.59 Å². The van der Waals surface area contributed by atoms with Gasteiger partial charge >= 0.3 is 12.0 Å². The highest BCUT2D eigenvalue weighted by atomic mass is 16.4. The minimum atomic E-state index is -1.38. The van der Waals surface area contributed by atoms with Gasteiger partial charge in [-0.05, 0) is 19.1 Å². The summed E-state index contributed by atoms with van der Waals surface area (Å²) < 4.78 is 0. The van der Waals surface area contributed by atoms with Crippen molar-refractivity contribution in [1.29, 1.82) is 0 Å². The largest absolute Gasteiger partial charge is 0.480 e. The lowest BCUT2D eigenvalue weighted by atomic mass is 10.2. The van der Waals surface area contributed by atoms with Crippen molar-refractivity contribution < 1.29 is 19.8 Å². The highest BCUT2D eigenvalue weighted by Gasteiger charge is 2.24. The van der Waals surface area contributed by atoms with Gasteiger partial charge in [-0.15, -0.1) is 0 Å². The fraction of sp³-hybridized carbons (Fsp3) is 0.273. The molecule has 0 bridgehead atoms. The minimum absolute atomic E-state index is 0.358. The Bertz CT molecular complexity index is 448. The number of nitrogens with two attached hydrogens (primary N) is 1. The van der Waals surface area contributed by atoms with E-state index < -0.39 is 24.1 Å². The highest BCUT2D eigenvalue weighted by Crippen LogP contribution is 2.16. The zero-order valence-corrected chi connectivity index (χ0v) is 9.75. The molecule has 0 aliphatic rings. The fourth-order valence-corrected chi connectivity index (χ4v) is 1.30. The van der Waals surface area contributed by atoms with Crippen molar-refractivity contribution in [2.45, 2.75) is 19.1 Å². The van der Waals surface area contributed by atoms with E-state index in [0.717, 1.165) is 0 Å². The number of carbonyl (C=O) groups is 2. The molecule has 98 valence electrons. The second-order valence-electron chi connectivity index (χ2n) is 3.74. The summed E-state index contributed by atoms with van der Waals surface area (Å²) in [5.41, 5.74) is 6.33. The molecule has 1 aromatic carbocycles. The van der Waals surface area contributed by atoms with E-state index in [-0.39, 0.29) is 0 Å². The van der Waals surface area contributed by atoms with Crippen LogP contribution in [0.15, 0.2) is 24.3 Å². The number of hydrogen-bond acceptors (Lipinski definition) is 4. The Hall–Kier alpha value is -2.28. The molecular weight excluding hydrogens is 238 g/mol. The maximum atomic E-state index is 11.5. The summed E-state index contributed by atoms with van der Waals surface area (Å²) in [5.74, 6) is -1.32. The molecule has 0 saturated heterocycles. The van der Waals surface area contributed by atoms with E-state index in [2.05, 4.69) is 10.6 Å².